The van der Waals surface area contributed by atoms with Crippen molar-refractivity contribution in [3.63, 3.8) is 0 Å². The summed E-state index contributed by atoms with van der Waals surface area (Å²) >= 11 is 3.95. The van der Waals surface area contributed by atoms with Crippen LogP contribution >= 0.6 is 12.6 Å². The third-order valence-corrected chi connectivity index (χ3v) is 0.875. The Hall–Kier alpha value is -0.630. The molecule has 0 aliphatic heterocycles. The zero-order valence-corrected chi connectivity index (χ0v) is 6.32. The van der Waals surface area contributed by atoms with Crippen LogP contribution in [-0.4, -0.2) is 7.11 Å². The van der Waals surface area contributed by atoms with Crippen LogP contribution in [0, 0.1) is 0 Å². The number of hydrogen-bond donors (Lipinski definition) is 1. The molecule has 0 radical (unpaired) electrons. The summed E-state index contributed by atoms with van der Waals surface area (Å²) in [5, 5.41) is 0. The molecule has 50 valence electrons. The molecule has 0 aromatic carbocycles. The second-order valence-corrected chi connectivity index (χ2v) is 2.02. The molecule has 1 nitrogen and oxygen atoms in total. The summed E-state index contributed by atoms with van der Waals surface area (Å²) in [5.74, 6) is 0.676. The van der Waals surface area contributed by atoms with Crippen molar-refractivity contribution >= 4 is 12.6 Å². The van der Waals surface area contributed by atoms with E-state index in [4.69, 9.17) is 4.74 Å². The van der Waals surface area contributed by atoms with Crippen molar-refractivity contribution in [2.24, 2.45) is 0 Å². The Kier molecular flexibility index (Phi) is 3.97. The molecule has 0 atom stereocenters. The maximum Gasteiger partial charge on any atom is 0.119 e. The van der Waals surface area contributed by atoms with Crippen LogP contribution in [0.2, 0.25) is 0 Å². The third-order valence-electron chi connectivity index (χ3n) is 0.746. The van der Waals surface area contributed by atoms with Crippen molar-refractivity contribution in [2.45, 2.75) is 0 Å². The highest BCUT2D eigenvalue weighted by Crippen LogP contribution is 2.04. The fourth-order valence-electron chi connectivity index (χ4n) is 0.365. The molecule has 0 amide bonds. The van der Waals surface area contributed by atoms with Gasteiger partial charge in [-0.15, -0.1) is 12.6 Å². The largest absolute Gasteiger partial charge is 0.497 e. The summed E-state index contributed by atoms with van der Waals surface area (Å²) in [6, 6.07) is 0. The van der Waals surface area contributed by atoms with E-state index in [1.165, 1.54) is 0 Å². The minimum atomic E-state index is 0.659. The van der Waals surface area contributed by atoms with Gasteiger partial charge in [0.05, 0.1) is 7.11 Å². The van der Waals surface area contributed by atoms with Gasteiger partial charge in [0.25, 0.3) is 0 Å². The molecule has 0 bridgehead atoms. The van der Waals surface area contributed by atoms with Gasteiger partial charge in [-0.2, -0.15) is 0 Å². The van der Waals surface area contributed by atoms with E-state index >= 15 is 0 Å². The second-order valence-electron chi connectivity index (χ2n) is 1.45. The van der Waals surface area contributed by atoms with E-state index in [1.807, 2.05) is 0 Å². The molecule has 0 aliphatic rings. The molecule has 0 rings (SSSR count). The molecule has 0 saturated heterocycles. The fraction of sp³-hybridized carbons (Fsp3) is 0.143. The first-order valence-corrected chi connectivity index (χ1v) is 2.91. The molecule has 2 heteroatoms. The van der Waals surface area contributed by atoms with Crippen LogP contribution in [0.5, 0.6) is 0 Å². The Morgan fingerprint density at radius 2 is 2.22 bits per heavy atom. The summed E-state index contributed by atoms with van der Waals surface area (Å²) in [7, 11) is 1.57. The van der Waals surface area contributed by atoms with Gasteiger partial charge in [0.15, 0.2) is 0 Å². The van der Waals surface area contributed by atoms with Gasteiger partial charge in [-0.05, 0) is 12.2 Å². The van der Waals surface area contributed by atoms with Crippen molar-refractivity contribution in [3.05, 3.63) is 36.0 Å². The van der Waals surface area contributed by atoms with Crippen LogP contribution in [0.4, 0.5) is 0 Å². The predicted molar refractivity (Wildman–Crippen MR) is 43.4 cm³/mol. The quantitative estimate of drug-likeness (QED) is 0.361. The Labute approximate surface area is 61.1 Å². The molecule has 0 fully saturated rings. The van der Waals surface area contributed by atoms with E-state index in [1.54, 1.807) is 19.3 Å². The summed E-state index contributed by atoms with van der Waals surface area (Å²) in [6.45, 7) is 7.07. The average Bonchev–Trinajstić information content (AvgIpc) is 1.82. The Morgan fingerprint density at radius 3 is 2.33 bits per heavy atom. The van der Waals surface area contributed by atoms with Gasteiger partial charge in [-0.3, -0.25) is 0 Å². The summed E-state index contributed by atoms with van der Waals surface area (Å²) in [5.41, 5.74) is 0. The second kappa shape index (κ2) is 4.27. The molecule has 0 unspecified atom stereocenters. The van der Waals surface area contributed by atoms with E-state index in [0.29, 0.717) is 10.7 Å². The van der Waals surface area contributed by atoms with Crippen LogP contribution in [-0.2, 0) is 4.74 Å². The third kappa shape index (κ3) is 3.91. The lowest BCUT2D eigenvalue weighted by molar-refractivity contribution is 0.307. The Balaban J connectivity index is 4.07. The first-order valence-electron chi connectivity index (χ1n) is 2.46. The minimum Gasteiger partial charge on any atom is -0.497 e. The monoisotopic (exact) mass is 142 g/mol. The number of ether oxygens (including phenoxy) is 1. The van der Waals surface area contributed by atoms with Crippen LogP contribution < -0.4 is 0 Å². The van der Waals surface area contributed by atoms with Crippen molar-refractivity contribution in [1.29, 1.82) is 0 Å². The van der Waals surface area contributed by atoms with Crippen molar-refractivity contribution < 1.29 is 4.74 Å². The van der Waals surface area contributed by atoms with Gasteiger partial charge >= 0.3 is 0 Å². The molecule has 0 aromatic rings. The fourth-order valence-corrected chi connectivity index (χ4v) is 0.493. The molecule has 0 saturated carbocycles. The number of rotatable bonds is 3. The van der Waals surface area contributed by atoms with Gasteiger partial charge in [0, 0.05) is 4.91 Å². The van der Waals surface area contributed by atoms with Crippen molar-refractivity contribution in [3.8, 4) is 0 Å². The zero-order chi connectivity index (χ0) is 7.28. The van der Waals surface area contributed by atoms with Gasteiger partial charge in [-0.1, -0.05) is 13.2 Å². The molecule has 9 heavy (non-hydrogen) atoms. The molecule has 0 N–H and O–H groups in total. The number of allylic oxidation sites excluding steroid dienone is 2. The predicted octanol–water partition coefficient (Wildman–Crippen LogP) is 2.15. The van der Waals surface area contributed by atoms with Crippen molar-refractivity contribution in [1.82, 2.24) is 0 Å². The summed E-state index contributed by atoms with van der Waals surface area (Å²) in [6.07, 6.45) is 3.29. The number of methoxy groups -OCH3 is 1. The van der Waals surface area contributed by atoms with E-state index in [-0.39, 0.29) is 0 Å². The highest BCUT2D eigenvalue weighted by Gasteiger charge is 1.85. The number of hydrogen-bond acceptors (Lipinski definition) is 2. The van der Waals surface area contributed by atoms with Crippen LogP contribution in [0.15, 0.2) is 36.0 Å². The SMILES string of the molecule is C=C/C(=C\C(=C)S)OC. The Bertz CT molecular complexity index is 147. The standard InChI is InChI=1S/C7H10OS/c1-4-7(8-3)5-6(2)9/h4-5,9H,1-2H2,3H3/b7-5+. The lowest BCUT2D eigenvalue weighted by Crippen LogP contribution is -1.79. The highest BCUT2D eigenvalue weighted by molar-refractivity contribution is 7.84. The van der Waals surface area contributed by atoms with Gasteiger partial charge in [0.2, 0.25) is 0 Å². The van der Waals surface area contributed by atoms with E-state index in [9.17, 15) is 0 Å². The minimum absolute atomic E-state index is 0.659. The van der Waals surface area contributed by atoms with Gasteiger partial charge in [0.1, 0.15) is 5.76 Å². The summed E-state index contributed by atoms with van der Waals surface area (Å²) < 4.78 is 4.84. The summed E-state index contributed by atoms with van der Waals surface area (Å²) in [4.78, 5) is 0.659. The van der Waals surface area contributed by atoms with Crippen LogP contribution in [0.1, 0.15) is 0 Å². The normalized spacial score (nSPS) is 10.7. The lowest BCUT2D eigenvalue weighted by atomic mass is 10.4. The van der Waals surface area contributed by atoms with E-state index < -0.39 is 0 Å². The Morgan fingerprint density at radius 1 is 1.67 bits per heavy atom. The lowest BCUT2D eigenvalue weighted by Gasteiger charge is -1.96. The molecular formula is C7H10OS. The molecule has 0 aliphatic carbocycles. The average molecular weight is 142 g/mol. The van der Waals surface area contributed by atoms with Crippen LogP contribution in [0.25, 0.3) is 0 Å². The van der Waals surface area contributed by atoms with E-state index in [2.05, 4.69) is 25.8 Å². The van der Waals surface area contributed by atoms with Gasteiger partial charge < -0.3 is 4.74 Å². The highest BCUT2D eigenvalue weighted by atomic mass is 32.1. The van der Waals surface area contributed by atoms with Gasteiger partial charge in [-0.25, -0.2) is 0 Å². The molecular weight excluding hydrogens is 132 g/mol. The smallest absolute Gasteiger partial charge is 0.119 e. The molecule has 0 aromatic heterocycles. The topological polar surface area (TPSA) is 9.23 Å². The molecule has 0 heterocycles. The maximum absolute atomic E-state index is 4.84. The zero-order valence-electron chi connectivity index (χ0n) is 5.42. The van der Waals surface area contributed by atoms with E-state index in [0.717, 1.165) is 0 Å². The maximum atomic E-state index is 4.84. The van der Waals surface area contributed by atoms with Crippen LogP contribution in [0.3, 0.4) is 0 Å². The molecule has 0 spiro atoms. The first-order chi connectivity index (χ1) is 4.20. The van der Waals surface area contributed by atoms with Crippen molar-refractivity contribution in [2.75, 3.05) is 7.11 Å². The number of thiol groups is 1. The first kappa shape index (κ1) is 8.37.